The van der Waals surface area contributed by atoms with Crippen molar-refractivity contribution in [2.45, 2.75) is 50.0 Å². The fourth-order valence-electron chi connectivity index (χ4n) is 3.52. The van der Waals surface area contributed by atoms with Gasteiger partial charge in [0.25, 0.3) is 0 Å². The van der Waals surface area contributed by atoms with Gasteiger partial charge in [-0.15, -0.1) is 0 Å². The van der Waals surface area contributed by atoms with E-state index in [1.165, 1.54) is 25.8 Å². The van der Waals surface area contributed by atoms with Crippen LogP contribution in [0.2, 0.25) is 0 Å². The summed E-state index contributed by atoms with van der Waals surface area (Å²) in [6, 6.07) is 1.59. The molecule has 0 spiro atoms. The van der Waals surface area contributed by atoms with Gasteiger partial charge >= 0.3 is 0 Å². The van der Waals surface area contributed by atoms with E-state index in [2.05, 4.69) is 20.9 Å². The molecule has 4 atom stereocenters. The molecule has 3 aliphatic rings. The first-order valence-electron chi connectivity index (χ1n) is 6.95. The third kappa shape index (κ3) is 2.35. The number of aliphatic hydroxyl groups is 1. The normalized spacial score (nSPS) is 43.6. The second-order valence-corrected chi connectivity index (χ2v) is 5.55. The Hall–Kier alpha value is -0.200. The van der Waals surface area contributed by atoms with Crippen molar-refractivity contribution in [3.8, 4) is 0 Å². The SMILES string of the molecule is OCC1CCC2C(NCN2[C@H]2CCCNC2)N1. The Morgan fingerprint density at radius 3 is 2.94 bits per heavy atom. The van der Waals surface area contributed by atoms with Crippen molar-refractivity contribution in [2.24, 2.45) is 0 Å². The average molecular weight is 240 g/mol. The van der Waals surface area contributed by atoms with Crippen molar-refractivity contribution in [2.75, 3.05) is 26.4 Å². The van der Waals surface area contributed by atoms with Crippen LogP contribution in [0.1, 0.15) is 25.7 Å². The van der Waals surface area contributed by atoms with Crippen LogP contribution in [0.3, 0.4) is 0 Å². The summed E-state index contributed by atoms with van der Waals surface area (Å²) in [5, 5.41) is 19.8. The predicted molar refractivity (Wildman–Crippen MR) is 66.6 cm³/mol. The largest absolute Gasteiger partial charge is 0.395 e. The number of fused-ring (bicyclic) bond motifs is 1. The summed E-state index contributed by atoms with van der Waals surface area (Å²) in [6.07, 6.45) is 5.29. The minimum absolute atomic E-state index is 0.260. The molecule has 0 radical (unpaired) electrons. The van der Waals surface area contributed by atoms with Gasteiger partial charge in [0.05, 0.1) is 19.4 Å². The molecule has 0 aromatic heterocycles. The Labute approximate surface area is 103 Å². The number of piperidine rings is 2. The van der Waals surface area contributed by atoms with Gasteiger partial charge in [0.2, 0.25) is 0 Å². The van der Waals surface area contributed by atoms with Crippen LogP contribution in [0.25, 0.3) is 0 Å². The van der Waals surface area contributed by atoms with E-state index in [0.29, 0.717) is 18.2 Å². The molecule has 3 fully saturated rings. The third-order valence-electron chi connectivity index (χ3n) is 4.49. The second-order valence-electron chi connectivity index (χ2n) is 5.55. The van der Waals surface area contributed by atoms with E-state index in [0.717, 1.165) is 19.6 Å². The number of nitrogens with one attached hydrogen (secondary N) is 3. The number of hydrogen-bond acceptors (Lipinski definition) is 5. The highest BCUT2D eigenvalue weighted by Gasteiger charge is 2.41. The van der Waals surface area contributed by atoms with Gasteiger partial charge in [-0.2, -0.15) is 0 Å². The highest BCUT2D eigenvalue weighted by molar-refractivity contribution is 4.98. The van der Waals surface area contributed by atoms with Gasteiger partial charge in [-0.25, -0.2) is 0 Å². The van der Waals surface area contributed by atoms with E-state index in [4.69, 9.17) is 0 Å². The molecule has 98 valence electrons. The number of hydrogen-bond donors (Lipinski definition) is 4. The van der Waals surface area contributed by atoms with Gasteiger partial charge in [-0.3, -0.25) is 15.5 Å². The molecule has 3 rings (SSSR count). The number of aliphatic hydroxyl groups excluding tert-OH is 1. The van der Waals surface area contributed by atoms with Crippen LogP contribution in [0, 0.1) is 0 Å². The fourth-order valence-corrected chi connectivity index (χ4v) is 3.52. The van der Waals surface area contributed by atoms with E-state index in [1.807, 2.05) is 0 Å². The summed E-state index contributed by atoms with van der Waals surface area (Å²) >= 11 is 0. The highest BCUT2D eigenvalue weighted by Crippen LogP contribution is 2.25. The Bertz CT molecular complexity index is 257. The quantitative estimate of drug-likeness (QED) is 0.501. The molecular weight excluding hydrogens is 216 g/mol. The molecule has 3 heterocycles. The van der Waals surface area contributed by atoms with E-state index < -0.39 is 0 Å². The van der Waals surface area contributed by atoms with E-state index in [1.54, 1.807) is 0 Å². The van der Waals surface area contributed by atoms with E-state index in [9.17, 15) is 5.11 Å². The average Bonchev–Trinajstić information content (AvgIpc) is 2.82. The van der Waals surface area contributed by atoms with Crippen molar-refractivity contribution in [1.82, 2.24) is 20.9 Å². The van der Waals surface area contributed by atoms with E-state index >= 15 is 0 Å². The van der Waals surface area contributed by atoms with Crippen LogP contribution in [-0.4, -0.2) is 60.7 Å². The van der Waals surface area contributed by atoms with Crippen LogP contribution in [0.5, 0.6) is 0 Å². The molecule has 0 aliphatic carbocycles. The minimum Gasteiger partial charge on any atom is -0.395 e. The van der Waals surface area contributed by atoms with Crippen LogP contribution in [-0.2, 0) is 0 Å². The Balaban J connectivity index is 1.61. The lowest BCUT2D eigenvalue weighted by molar-refractivity contribution is 0.103. The van der Waals surface area contributed by atoms with Gasteiger partial charge in [-0.05, 0) is 32.2 Å². The van der Waals surface area contributed by atoms with Crippen molar-refractivity contribution < 1.29 is 5.11 Å². The zero-order valence-corrected chi connectivity index (χ0v) is 10.4. The molecule has 5 nitrogen and oxygen atoms in total. The summed E-state index contributed by atoms with van der Waals surface area (Å²) in [4.78, 5) is 2.62. The maximum atomic E-state index is 9.21. The molecule has 0 bridgehead atoms. The molecule has 3 unspecified atom stereocenters. The first kappa shape index (κ1) is 11.9. The summed E-state index contributed by atoms with van der Waals surface area (Å²) in [5.41, 5.74) is 0. The molecule has 0 amide bonds. The molecule has 0 saturated carbocycles. The monoisotopic (exact) mass is 240 g/mol. The third-order valence-corrected chi connectivity index (χ3v) is 4.49. The minimum atomic E-state index is 0.260. The molecule has 3 aliphatic heterocycles. The van der Waals surface area contributed by atoms with E-state index in [-0.39, 0.29) is 12.6 Å². The standard InChI is InChI=1S/C12H24N4O/c17-7-9-3-4-11-12(15-9)14-8-16(11)10-2-1-5-13-6-10/h9-15,17H,1-8H2/t9?,10-,11?,12?/m0/s1. The number of nitrogens with zero attached hydrogens (tertiary/aromatic N) is 1. The van der Waals surface area contributed by atoms with Crippen molar-refractivity contribution in [3.05, 3.63) is 0 Å². The number of rotatable bonds is 2. The molecule has 0 aromatic carbocycles. The lowest BCUT2D eigenvalue weighted by Gasteiger charge is -2.40. The second kappa shape index (κ2) is 5.20. The summed E-state index contributed by atoms with van der Waals surface area (Å²) < 4.78 is 0. The molecule has 17 heavy (non-hydrogen) atoms. The molecule has 5 heteroatoms. The van der Waals surface area contributed by atoms with Gasteiger partial charge in [0, 0.05) is 24.7 Å². The van der Waals surface area contributed by atoms with Gasteiger partial charge in [-0.1, -0.05) is 0 Å². The molecule has 4 N–H and O–H groups in total. The van der Waals surface area contributed by atoms with Crippen molar-refractivity contribution >= 4 is 0 Å². The van der Waals surface area contributed by atoms with Crippen LogP contribution < -0.4 is 16.0 Å². The lowest BCUT2D eigenvalue weighted by atomic mass is 9.96. The van der Waals surface area contributed by atoms with Crippen molar-refractivity contribution in [3.63, 3.8) is 0 Å². The summed E-state index contributed by atoms with van der Waals surface area (Å²) in [5.74, 6) is 0. The molecule has 3 saturated heterocycles. The maximum Gasteiger partial charge on any atom is 0.0745 e. The highest BCUT2D eigenvalue weighted by atomic mass is 16.3. The molecular formula is C12H24N4O. The summed E-state index contributed by atoms with van der Waals surface area (Å²) in [6.45, 7) is 3.56. The maximum absolute atomic E-state index is 9.21. The van der Waals surface area contributed by atoms with Gasteiger partial charge in [0.15, 0.2) is 0 Å². The lowest BCUT2D eigenvalue weighted by Crippen LogP contribution is -2.58. The molecule has 0 aromatic rings. The van der Waals surface area contributed by atoms with Gasteiger partial charge < -0.3 is 10.4 Å². The smallest absolute Gasteiger partial charge is 0.0745 e. The first-order chi connectivity index (χ1) is 8.38. The fraction of sp³-hybridized carbons (Fsp3) is 1.00. The Kier molecular flexibility index (Phi) is 3.63. The topological polar surface area (TPSA) is 59.6 Å². The Morgan fingerprint density at radius 1 is 1.24 bits per heavy atom. The van der Waals surface area contributed by atoms with Crippen molar-refractivity contribution in [1.29, 1.82) is 0 Å². The predicted octanol–water partition coefficient (Wildman–Crippen LogP) is -0.960. The van der Waals surface area contributed by atoms with Crippen LogP contribution in [0.4, 0.5) is 0 Å². The van der Waals surface area contributed by atoms with Crippen LogP contribution in [0.15, 0.2) is 0 Å². The zero-order chi connectivity index (χ0) is 11.7. The summed E-state index contributed by atoms with van der Waals surface area (Å²) in [7, 11) is 0. The van der Waals surface area contributed by atoms with Gasteiger partial charge in [0.1, 0.15) is 0 Å². The van der Waals surface area contributed by atoms with Crippen LogP contribution >= 0.6 is 0 Å². The Morgan fingerprint density at radius 2 is 2.18 bits per heavy atom. The zero-order valence-electron chi connectivity index (χ0n) is 10.4. The first-order valence-corrected chi connectivity index (χ1v) is 6.95.